The Morgan fingerprint density at radius 3 is 2.81 bits per heavy atom. The van der Waals surface area contributed by atoms with E-state index in [0.29, 0.717) is 30.1 Å². The Labute approximate surface area is 124 Å². The summed E-state index contributed by atoms with van der Waals surface area (Å²) in [5.74, 6) is 0.710. The van der Waals surface area contributed by atoms with Crippen LogP contribution in [0.4, 0.5) is 10.2 Å². The van der Waals surface area contributed by atoms with Crippen LogP contribution in [0.3, 0.4) is 0 Å². The van der Waals surface area contributed by atoms with Crippen molar-refractivity contribution < 1.29 is 9.13 Å². The van der Waals surface area contributed by atoms with Gasteiger partial charge in [-0.1, -0.05) is 19.1 Å². The first-order chi connectivity index (χ1) is 10.2. The largest absolute Gasteiger partial charge is 0.496 e. The Balaban J connectivity index is 2.38. The second kappa shape index (κ2) is 7.04. The average Bonchev–Trinajstić information content (AvgIpc) is 2.48. The van der Waals surface area contributed by atoms with Crippen LogP contribution in [0.15, 0.2) is 36.5 Å². The number of anilines is 1. The molecule has 1 unspecified atom stereocenters. The fraction of sp³-hybridized carbons (Fsp3) is 0.312. The maximum atomic E-state index is 14.2. The van der Waals surface area contributed by atoms with E-state index >= 15 is 0 Å². The highest BCUT2D eigenvalue weighted by molar-refractivity contribution is 5.42. The van der Waals surface area contributed by atoms with Crippen molar-refractivity contribution in [3.8, 4) is 5.75 Å². The van der Waals surface area contributed by atoms with Gasteiger partial charge in [0.25, 0.3) is 0 Å². The molecule has 4 nitrogen and oxygen atoms in total. The van der Waals surface area contributed by atoms with Crippen molar-refractivity contribution >= 4 is 5.82 Å². The first-order valence-electron chi connectivity index (χ1n) is 6.92. The third-order valence-corrected chi connectivity index (χ3v) is 3.38. The van der Waals surface area contributed by atoms with Crippen molar-refractivity contribution in [3.63, 3.8) is 0 Å². The van der Waals surface area contributed by atoms with E-state index in [0.717, 1.165) is 5.56 Å². The maximum Gasteiger partial charge on any atom is 0.131 e. The molecular formula is C16H20FN3O. The molecule has 0 fully saturated rings. The Kier molecular flexibility index (Phi) is 5.11. The lowest BCUT2D eigenvalue weighted by Gasteiger charge is -2.22. The molecule has 21 heavy (non-hydrogen) atoms. The first kappa shape index (κ1) is 15.3. The lowest BCUT2D eigenvalue weighted by molar-refractivity contribution is 0.390. The van der Waals surface area contributed by atoms with Crippen LogP contribution < -0.4 is 15.8 Å². The number of benzene rings is 1. The number of hydrogen-bond donors (Lipinski definition) is 2. The molecule has 0 saturated carbocycles. The molecule has 0 radical (unpaired) electrons. The normalized spacial score (nSPS) is 12.1. The molecule has 0 aliphatic carbocycles. The van der Waals surface area contributed by atoms with Crippen molar-refractivity contribution in [2.24, 2.45) is 0 Å². The van der Waals surface area contributed by atoms with Gasteiger partial charge in [0.1, 0.15) is 17.4 Å². The van der Waals surface area contributed by atoms with E-state index in [1.807, 2.05) is 19.1 Å². The van der Waals surface area contributed by atoms with Gasteiger partial charge in [0.05, 0.1) is 7.11 Å². The summed E-state index contributed by atoms with van der Waals surface area (Å²) < 4.78 is 19.5. The first-order valence-corrected chi connectivity index (χ1v) is 6.92. The Hall–Kier alpha value is -2.14. The fourth-order valence-electron chi connectivity index (χ4n) is 2.40. The van der Waals surface area contributed by atoms with Gasteiger partial charge >= 0.3 is 0 Å². The van der Waals surface area contributed by atoms with Gasteiger partial charge in [-0.25, -0.2) is 9.37 Å². The van der Waals surface area contributed by atoms with E-state index in [1.54, 1.807) is 25.4 Å². The number of ether oxygens (including phenoxy) is 1. The minimum absolute atomic E-state index is 0.224. The number of halogens is 1. The van der Waals surface area contributed by atoms with E-state index in [2.05, 4.69) is 10.3 Å². The number of hydrogen-bond acceptors (Lipinski definition) is 4. The number of pyridine rings is 1. The van der Waals surface area contributed by atoms with E-state index < -0.39 is 0 Å². The summed E-state index contributed by atoms with van der Waals surface area (Å²) >= 11 is 0. The smallest absolute Gasteiger partial charge is 0.131 e. The van der Waals surface area contributed by atoms with Crippen molar-refractivity contribution in [2.75, 3.05) is 19.4 Å². The average molecular weight is 289 g/mol. The Morgan fingerprint density at radius 2 is 2.14 bits per heavy atom. The number of methoxy groups -OCH3 is 1. The van der Waals surface area contributed by atoms with E-state index in [1.165, 1.54) is 6.07 Å². The Bertz CT molecular complexity index is 604. The molecule has 2 aromatic rings. The molecule has 1 heterocycles. The van der Waals surface area contributed by atoms with Gasteiger partial charge in [0.15, 0.2) is 0 Å². The zero-order valence-electron chi connectivity index (χ0n) is 12.3. The van der Waals surface area contributed by atoms with Gasteiger partial charge in [0.2, 0.25) is 0 Å². The summed E-state index contributed by atoms with van der Waals surface area (Å²) in [5, 5.41) is 3.29. The molecule has 5 heteroatoms. The SMILES string of the molecule is CCNC(Cc1cccnc1N)c1c(F)cccc1OC. The van der Waals surface area contributed by atoms with Crippen molar-refractivity contribution in [3.05, 3.63) is 53.5 Å². The quantitative estimate of drug-likeness (QED) is 0.858. The van der Waals surface area contributed by atoms with Gasteiger partial charge in [-0.2, -0.15) is 0 Å². The molecular weight excluding hydrogens is 269 g/mol. The lowest BCUT2D eigenvalue weighted by atomic mass is 9.97. The van der Waals surface area contributed by atoms with Crippen LogP contribution in [0.25, 0.3) is 0 Å². The van der Waals surface area contributed by atoms with E-state index in [9.17, 15) is 4.39 Å². The van der Waals surface area contributed by atoms with Crippen LogP contribution in [-0.2, 0) is 6.42 Å². The molecule has 0 aliphatic rings. The predicted molar refractivity (Wildman–Crippen MR) is 81.7 cm³/mol. The van der Waals surface area contributed by atoms with Crippen LogP contribution in [0.2, 0.25) is 0 Å². The maximum absolute atomic E-state index is 14.2. The molecule has 3 N–H and O–H groups in total. The molecule has 1 aromatic carbocycles. The molecule has 0 bridgehead atoms. The molecule has 1 aromatic heterocycles. The fourth-order valence-corrected chi connectivity index (χ4v) is 2.40. The highest BCUT2D eigenvalue weighted by Crippen LogP contribution is 2.30. The third kappa shape index (κ3) is 3.49. The number of rotatable bonds is 6. The molecule has 0 saturated heterocycles. The number of nitrogen functional groups attached to an aromatic ring is 1. The summed E-state index contributed by atoms with van der Waals surface area (Å²) in [5.41, 5.74) is 7.29. The minimum Gasteiger partial charge on any atom is -0.496 e. The van der Waals surface area contributed by atoms with Gasteiger partial charge in [0, 0.05) is 17.8 Å². The van der Waals surface area contributed by atoms with Crippen LogP contribution in [0.1, 0.15) is 24.1 Å². The summed E-state index contributed by atoms with van der Waals surface area (Å²) in [6.45, 7) is 2.69. The number of aromatic nitrogens is 1. The summed E-state index contributed by atoms with van der Waals surface area (Å²) in [6.07, 6.45) is 2.19. The molecule has 0 aliphatic heterocycles. The molecule has 2 rings (SSSR count). The molecule has 0 amide bonds. The predicted octanol–water partition coefficient (Wildman–Crippen LogP) is 2.70. The Morgan fingerprint density at radius 1 is 1.33 bits per heavy atom. The molecule has 0 spiro atoms. The zero-order chi connectivity index (χ0) is 15.2. The number of nitrogens with two attached hydrogens (primary N) is 1. The highest BCUT2D eigenvalue weighted by atomic mass is 19.1. The number of nitrogens with zero attached hydrogens (tertiary/aromatic N) is 1. The molecule has 112 valence electrons. The van der Waals surface area contributed by atoms with Gasteiger partial charge < -0.3 is 15.8 Å². The molecule has 1 atom stereocenters. The monoisotopic (exact) mass is 289 g/mol. The van der Waals surface area contributed by atoms with Crippen molar-refractivity contribution in [1.82, 2.24) is 10.3 Å². The van der Waals surface area contributed by atoms with Crippen LogP contribution in [0.5, 0.6) is 5.75 Å². The zero-order valence-corrected chi connectivity index (χ0v) is 12.3. The van der Waals surface area contributed by atoms with Crippen LogP contribution in [0, 0.1) is 5.82 Å². The highest BCUT2D eigenvalue weighted by Gasteiger charge is 2.21. The second-order valence-corrected chi connectivity index (χ2v) is 4.72. The summed E-state index contributed by atoms with van der Waals surface area (Å²) in [6, 6.07) is 8.34. The number of likely N-dealkylation sites (N-methyl/N-ethyl adjacent to an activating group) is 1. The topological polar surface area (TPSA) is 60.2 Å². The van der Waals surface area contributed by atoms with Crippen LogP contribution >= 0.6 is 0 Å². The second-order valence-electron chi connectivity index (χ2n) is 4.72. The van der Waals surface area contributed by atoms with Gasteiger partial charge in [-0.15, -0.1) is 0 Å². The number of nitrogens with one attached hydrogen (secondary N) is 1. The van der Waals surface area contributed by atoms with Gasteiger partial charge in [-0.3, -0.25) is 0 Å². The lowest BCUT2D eigenvalue weighted by Crippen LogP contribution is -2.25. The standard InChI is InChI=1S/C16H20FN3O/c1-3-19-13(10-11-6-5-9-20-16(11)18)15-12(17)7-4-8-14(15)21-2/h4-9,13,19H,3,10H2,1-2H3,(H2,18,20). The van der Waals surface area contributed by atoms with E-state index in [4.69, 9.17) is 10.5 Å². The van der Waals surface area contributed by atoms with Crippen LogP contribution in [-0.4, -0.2) is 18.6 Å². The van der Waals surface area contributed by atoms with Crippen molar-refractivity contribution in [1.29, 1.82) is 0 Å². The third-order valence-electron chi connectivity index (χ3n) is 3.38. The van der Waals surface area contributed by atoms with E-state index in [-0.39, 0.29) is 11.9 Å². The minimum atomic E-state index is -0.289. The summed E-state index contributed by atoms with van der Waals surface area (Å²) in [4.78, 5) is 4.08. The summed E-state index contributed by atoms with van der Waals surface area (Å²) in [7, 11) is 1.54. The van der Waals surface area contributed by atoms with Crippen molar-refractivity contribution in [2.45, 2.75) is 19.4 Å². The van der Waals surface area contributed by atoms with Gasteiger partial charge in [-0.05, 0) is 36.7 Å².